The third-order valence-electron chi connectivity index (χ3n) is 5.28. The highest BCUT2D eigenvalue weighted by Gasteiger charge is 2.49. The van der Waals surface area contributed by atoms with Crippen molar-refractivity contribution in [3.8, 4) is 11.5 Å². The second-order valence-electron chi connectivity index (χ2n) is 7.23. The molecule has 28 heavy (non-hydrogen) atoms. The molecule has 1 amide bonds. The Morgan fingerprint density at radius 3 is 2.75 bits per heavy atom. The number of amides is 1. The Kier molecular flexibility index (Phi) is 4.52. The lowest BCUT2D eigenvalue weighted by molar-refractivity contribution is -0.126. The van der Waals surface area contributed by atoms with E-state index in [0.717, 1.165) is 12.1 Å². The molecule has 0 N–H and O–H groups in total. The Hall–Kier alpha value is -1.78. The normalized spacial score (nSPS) is 31.9. The molecule has 0 spiro atoms. The number of aliphatic imine (C=N–C) groups is 1. The molecular formula is C18H20N2O6S2. The Morgan fingerprint density at radius 1 is 1.14 bits per heavy atom. The smallest absolute Gasteiger partial charge is 0.277 e. The van der Waals surface area contributed by atoms with Crippen molar-refractivity contribution < 1.29 is 27.4 Å². The summed E-state index contributed by atoms with van der Waals surface area (Å²) in [5.74, 6) is 1.11. The van der Waals surface area contributed by atoms with E-state index in [1.54, 1.807) is 0 Å². The van der Waals surface area contributed by atoms with Crippen molar-refractivity contribution in [2.24, 2.45) is 4.99 Å². The molecule has 4 aliphatic heterocycles. The van der Waals surface area contributed by atoms with Gasteiger partial charge in [0.25, 0.3) is 5.91 Å². The highest BCUT2D eigenvalue weighted by molar-refractivity contribution is 8.16. The van der Waals surface area contributed by atoms with Gasteiger partial charge in [0.1, 0.15) is 19.3 Å². The molecule has 150 valence electrons. The molecule has 4 heterocycles. The van der Waals surface area contributed by atoms with Gasteiger partial charge in [0.2, 0.25) is 0 Å². The van der Waals surface area contributed by atoms with Crippen LogP contribution in [0, 0.1) is 0 Å². The van der Waals surface area contributed by atoms with Crippen LogP contribution in [0.2, 0.25) is 0 Å². The lowest BCUT2D eigenvalue weighted by Crippen LogP contribution is -2.38. The van der Waals surface area contributed by atoms with Crippen LogP contribution in [0.5, 0.6) is 11.5 Å². The molecule has 0 bridgehead atoms. The van der Waals surface area contributed by atoms with Gasteiger partial charge in [-0.1, -0.05) is 11.8 Å². The van der Waals surface area contributed by atoms with Crippen LogP contribution in [0.4, 0.5) is 5.69 Å². The number of carbonyl (C=O) groups is 1. The standard InChI is InChI=1S/C18H20N2O6S2/c21-17(14-2-1-5-24-14)19-18-20(12-9-28(22,23)10-16(12)27-18)11-3-4-13-15(8-11)26-7-6-25-13/h3-4,8,12,14,16H,1-2,5-7,9-10H2/t12-,14-,16+/m0/s1. The predicted molar refractivity (Wildman–Crippen MR) is 105 cm³/mol. The fraction of sp³-hybridized carbons (Fsp3) is 0.556. The third-order valence-corrected chi connectivity index (χ3v) is 8.49. The summed E-state index contributed by atoms with van der Waals surface area (Å²) in [5, 5.41) is 0.385. The average molecular weight is 425 g/mol. The maximum Gasteiger partial charge on any atom is 0.277 e. The number of ether oxygens (including phenoxy) is 3. The summed E-state index contributed by atoms with van der Waals surface area (Å²) in [6.07, 6.45) is 1.02. The van der Waals surface area contributed by atoms with Crippen molar-refractivity contribution in [3.05, 3.63) is 18.2 Å². The molecule has 3 fully saturated rings. The number of hydrogen-bond donors (Lipinski definition) is 0. The van der Waals surface area contributed by atoms with Gasteiger partial charge < -0.3 is 19.1 Å². The van der Waals surface area contributed by atoms with Crippen LogP contribution in [0.25, 0.3) is 0 Å². The summed E-state index contributed by atoms with van der Waals surface area (Å²) in [6.45, 7) is 1.53. The van der Waals surface area contributed by atoms with Gasteiger partial charge in [-0.05, 0) is 25.0 Å². The summed E-state index contributed by atoms with van der Waals surface area (Å²) in [7, 11) is -3.11. The number of amidine groups is 1. The van der Waals surface area contributed by atoms with Gasteiger partial charge >= 0.3 is 0 Å². The van der Waals surface area contributed by atoms with E-state index in [1.807, 2.05) is 23.1 Å². The highest BCUT2D eigenvalue weighted by Crippen LogP contribution is 2.43. The van der Waals surface area contributed by atoms with Gasteiger partial charge in [-0.2, -0.15) is 4.99 Å². The third kappa shape index (κ3) is 3.27. The zero-order valence-corrected chi connectivity index (χ0v) is 16.7. The number of fused-ring (bicyclic) bond motifs is 2. The minimum Gasteiger partial charge on any atom is -0.486 e. The number of benzene rings is 1. The van der Waals surface area contributed by atoms with Gasteiger partial charge in [0.05, 0.1) is 17.5 Å². The zero-order valence-electron chi connectivity index (χ0n) is 15.1. The van der Waals surface area contributed by atoms with Crippen molar-refractivity contribution >= 4 is 38.4 Å². The minimum absolute atomic E-state index is 0.0479. The summed E-state index contributed by atoms with van der Waals surface area (Å²) < 4.78 is 41.1. The van der Waals surface area contributed by atoms with Crippen LogP contribution in [-0.2, 0) is 19.4 Å². The molecule has 0 radical (unpaired) electrons. The summed E-state index contributed by atoms with van der Waals surface area (Å²) in [4.78, 5) is 18.7. The van der Waals surface area contributed by atoms with Crippen LogP contribution in [-0.4, -0.2) is 68.2 Å². The quantitative estimate of drug-likeness (QED) is 0.700. The van der Waals surface area contributed by atoms with Crippen molar-refractivity contribution in [1.82, 2.24) is 0 Å². The Labute approximate surface area is 167 Å². The molecule has 0 aromatic heterocycles. The minimum atomic E-state index is -3.11. The van der Waals surface area contributed by atoms with E-state index in [1.165, 1.54) is 11.8 Å². The topological polar surface area (TPSA) is 94.5 Å². The number of nitrogens with zero attached hydrogens (tertiary/aromatic N) is 2. The van der Waals surface area contributed by atoms with E-state index in [4.69, 9.17) is 14.2 Å². The second-order valence-corrected chi connectivity index (χ2v) is 10.6. The van der Waals surface area contributed by atoms with Crippen LogP contribution >= 0.6 is 11.8 Å². The monoisotopic (exact) mass is 424 g/mol. The zero-order chi connectivity index (χ0) is 19.3. The van der Waals surface area contributed by atoms with Crippen molar-refractivity contribution in [3.63, 3.8) is 0 Å². The van der Waals surface area contributed by atoms with Crippen LogP contribution in [0.15, 0.2) is 23.2 Å². The van der Waals surface area contributed by atoms with E-state index in [0.29, 0.717) is 42.9 Å². The Bertz CT molecular complexity index is 941. The van der Waals surface area contributed by atoms with Crippen molar-refractivity contribution in [1.29, 1.82) is 0 Å². The van der Waals surface area contributed by atoms with Crippen LogP contribution in [0.3, 0.4) is 0 Å². The van der Waals surface area contributed by atoms with Gasteiger partial charge in [-0.3, -0.25) is 4.79 Å². The van der Waals surface area contributed by atoms with E-state index < -0.39 is 15.9 Å². The average Bonchev–Trinajstić information content (AvgIpc) is 3.36. The second kappa shape index (κ2) is 6.93. The molecular weight excluding hydrogens is 404 g/mol. The van der Waals surface area contributed by atoms with Gasteiger partial charge in [-0.25, -0.2) is 8.42 Å². The number of rotatable bonds is 2. The fourth-order valence-corrected chi connectivity index (χ4v) is 7.91. The molecule has 3 saturated heterocycles. The maximum absolute atomic E-state index is 12.5. The fourth-order valence-electron chi connectivity index (χ4n) is 3.99. The number of thioether (sulfide) groups is 1. The molecule has 3 atom stereocenters. The SMILES string of the molecule is O=C(N=C1S[C@@H]2CS(=O)(=O)C[C@@H]2N1c1ccc2c(c1)OCCO2)[C@@H]1CCCO1. The number of hydrogen-bond acceptors (Lipinski definition) is 7. The van der Waals surface area contributed by atoms with E-state index in [9.17, 15) is 13.2 Å². The summed E-state index contributed by atoms with van der Waals surface area (Å²) >= 11 is 1.36. The predicted octanol–water partition coefficient (Wildman–Crippen LogP) is 1.24. The van der Waals surface area contributed by atoms with Gasteiger partial charge in [-0.15, -0.1) is 0 Å². The Morgan fingerprint density at radius 2 is 1.96 bits per heavy atom. The highest BCUT2D eigenvalue weighted by atomic mass is 32.2. The lowest BCUT2D eigenvalue weighted by atomic mass is 10.2. The van der Waals surface area contributed by atoms with Gasteiger partial charge in [0, 0.05) is 23.6 Å². The van der Waals surface area contributed by atoms with E-state index in [-0.39, 0.29) is 28.7 Å². The summed E-state index contributed by atoms with van der Waals surface area (Å²) in [6, 6.07) is 5.24. The number of carbonyl (C=O) groups excluding carboxylic acids is 1. The summed E-state index contributed by atoms with van der Waals surface area (Å²) in [5.41, 5.74) is 0.750. The first-order valence-corrected chi connectivity index (χ1v) is 12.0. The maximum atomic E-state index is 12.5. The molecule has 0 saturated carbocycles. The largest absolute Gasteiger partial charge is 0.486 e. The van der Waals surface area contributed by atoms with Crippen molar-refractivity contribution in [2.45, 2.75) is 30.2 Å². The van der Waals surface area contributed by atoms with Crippen LogP contribution < -0.4 is 14.4 Å². The molecule has 10 heteroatoms. The van der Waals surface area contributed by atoms with E-state index in [2.05, 4.69) is 4.99 Å². The van der Waals surface area contributed by atoms with Crippen LogP contribution in [0.1, 0.15) is 12.8 Å². The number of sulfone groups is 1. The Balaban J connectivity index is 1.51. The lowest BCUT2D eigenvalue weighted by Gasteiger charge is -2.26. The molecule has 4 aliphatic rings. The molecule has 1 aromatic rings. The van der Waals surface area contributed by atoms with Crippen molar-refractivity contribution in [2.75, 3.05) is 36.2 Å². The molecule has 1 aromatic carbocycles. The molecule has 0 unspecified atom stereocenters. The van der Waals surface area contributed by atoms with Gasteiger partial charge in [0.15, 0.2) is 26.5 Å². The first kappa shape index (κ1) is 18.3. The molecule has 5 rings (SSSR count). The number of anilines is 1. The first-order chi connectivity index (χ1) is 13.5. The first-order valence-electron chi connectivity index (χ1n) is 9.30. The molecule has 0 aliphatic carbocycles. The molecule has 8 nitrogen and oxygen atoms in total. The van der Waals surface area contributed by atoms with E-state index >= 15 is 0 Å².